The Bertz CT molecular complexity index is 634. The van der Waals surface area contributed by atoms with Gasteiger partial charge in [0.05, 0.1) is 22.5 Å². The van der Waals surface area contributed by atoms with Gasteiger partial charge in [-0.1, -0.05) is 34.8 Å². The van der Waals surface area contributed by atoms with E-state index < -0.39 is 5.91 Å². The number of hydrogen-bond donors (Lipinski definition) is 1. The Morgan fingerprint density at radius 3 is 2.67 bits per heavy atom. The predicted molar refractivity (Wildman–Crippen MR) is 81.4 cm³/mol. The highest BCUT2D eigenvalue weighted by atomic mass is 35.5. The number of amides is 1. The van der Waals surface area contributed by atoms with Gasteiger partial charge in [-0.2, -0.15) is 5.10 Å². The molecular formula is C13H9Cl3N2O3. The second-order valence-corrected chi connectivity index (χ2v) is 5.05. The molecule has 21 heavy (non-hydrogen) atoms. The molecule has 1 N–H and O–H groups in total. The number of carbonyl (C=O) groups is 1. The SMILES string of the molecule is O=C(COc1c(Cl)cc(Cl)cc1Cl)NN=Cc1ccco1. The molecule has 1 heterocycles. The highest BCUT2D eigenvalue weighted by molar-refractivity contribution is 6.40. The lowest BCUT2D eigenvalue weighted by atomic mass is 10.3. The summed E-state index contributed by atoms with van der Waals surface area (Å²) in [6, 6.07) is 6.34. The van der Waals surface area contributed by atoms with Crippen LogP contribution in [-0.4, -0.2) is 18.7 Å². The largest absolute Gasteiger partial charge is 0.481 e. The summed E-state index contributed by atoms with van der Waals surface area (Å²) in [4.78, 5) is 11.5. The molecule has 2 aromatic rings. The smallest absolute Gasteiger partial charge is 0.277 e. The summed E-state index contributed by atoms with van der Waals surface area (Å²) in [5, 5.41) is 4.52. The molecule has 0 bridgehead atoms. The molecule has 0 aliphatic heterocycles. The molecule has 0 radical (unpaired) electrons. The first-order valence-electron chi connectivity index (χ1n) is 5.69. The molecule has 1 aromatic heterocycles. The third-order valence-corrected chi connectivity index (χ3v) is 3.01. The van der Waals surface area contributed by atoms with E-state index in [0.29, 0.717) is 10.8 Å². The Balaban J connectivity index is 1.87. The topological polar surface area (TPSA) is 63.8 Å². The molecule has 0 saturated heterocycles. The van der Waals surface area contributed by atoms with Crippen LogP contribution in [0.3, 0.4) is 0 Å². The first-order valence-corrected chi connectivity index (χ1v) is 6.82. The maximum Gasteiger partial charge on any atom is 0.277 e. The van der Waals surface area contributed by atoms with Crippen LogP contribution < -0.4 is 10.2 Å². The van der Waals surface area contributed by atoms with Gasteiger partial charge >= 0.3 is 0 Å². The van der Waals surface area contributed by atoms with E-state index in [1.54, 1.807) is 12.1 Å². The van der Waals surface area contributed by atoms with Crippen molar-refractivity contribution >= 4 is 46.9 Å². The first kappa shape index (κ1) is 15.7. The summed E-state index contributed by atoms with van der Waals surface area (Å²) in [6.45, 7) is -0.295. The first-order chi connectivity index (χ1) is 10.1. The number of hydrogen-bond acceptors (Lipinski definition) is 4. The third kappa shape index (κ3) is 4.67. The van der Waals surface area contributed by atoms with Crippen LogP contribution in [-0.2, 0) is 4.79 Å². The molecule has 1 amide bonds. The summed E-state index contributed by atoms with van der Waals surface area (Å²) in [6.07, 6.45) is 2.86. The van der Waals surface area contributed by atoms with Crippen molar-refractivity contribution < 1.29 is 13.9 Å². The second kappa shape index (κ2) is 7.36. The van der Waals surface area contributed by atoms with Crippen LogP contribution in [0.1, 0.15) is 5.76 Å². The van der Waals surface area contributed by atoms with E-state index in [2.05, 4.69) is 10.5 Å². The number of benzene rings is 1. The van der Waals surface area contributed by atoms with Gasteiger partial charge in [-0.05, 0) is 24.3 Å². The summed E-state index contributed by atoms with van der Waals surface area (Å²) in [7, 11) is 0. The highest BCUT2D eigenvalue weighted by Gasteiger charge is 2.11. The zero-order valence-corrected chi connectivity index (χ0v) is 12.7. The summed E-state index contributed by atoms with van der Waals surface area (Å²) < 4.78 is 10.2. The van der Waals surface area contributed by atoms with Gasteiger partial charge in [-0.25, -0.2) is 5.43 Å². The molecule has 0 fully saturated rings. The Morgan fingerprint density at radius 2 is 2.05 bits per heavy atom. The lowest BCUT2D eigenvalue weighted by Gasteiger charge is -2.09. The quantitative estimate of drug-likeness (QED) is 0.661. The third-order valence-electron chi connectivity index (χ3n) is 2.23. The minimum Gasteiger partial charge on any atom is -0.481 e. The van der Waals surface area contributed by atoms with Gasteiger partial charge in [-0.3, -0.25) is 4.79 Å². The Morgan fingerprint density at radius 1 is 1.33 bits per heavy atom. The zero-order chi connectivity index (χ0) is 15.2. The van der Waals surface area contributed by atoms with Gasteiger partial charge in [0.1, 0.15) is 5.76 Å². The fourth-order valence-electron chi connectivity index (χ4n) is 1.37. The van der Waals surface area contributed by atoms with Crippen molar-refractivity contribution in [2.75, 3.05) is 6.61 Å². The van der Waals surface area contributed by atoms with Crippen molar-refractivity contribution in [3.05, 3.63) is 51.4 Å². The number of nitrogens with one attached hydrogen (secondary N) is 1. The second-order valence-electron chi connectivity index (χ2n) is 3.80. The number of hydrazone groups is 1. The van der Waals surface area contributed by atoms with Crippen LogP contribution in [0.25, 0.3) is 0 Å². The zero-order valence-electron chi connectivity index (χ0n) is 10.5. The maximum absolute atomic E-state index is 11.5. The lowest BCUT2D eigenvalue weighted by molar-refractivity contribution is -0.123. The fourth-order valence-corrected chi connectivity index (χ4v) is 2.30. The fraction of sp³-hybridized carbons (Fsp3) is 0.0769. The van der Waals surface area contributed by atoms with Crippen LogP contribution in [0, 0.1) is 0 Å². The average molecular weight is 348 g/mol. The van der Waals surface area contributed by atoms with E-state index in [0.717, 1.165) is 0 Å². The Labute approximate surface area is 135 Å². The minimum absolute atomic E-state index is 0.188. The molecule has 0 unspecified atom stereocenters. The van der Waals surface area contributed by atoms with Gasteiger partial charge in [0.2, 0.25) is 0 Å². The molecule has 5 nitrogen and oxygen atoms in total. The monoisotopic (exact) mass is 346 g/mol. The maximum atomic E-state index is 11.5. The number of halogens is 3. The number of carbonyl (C=O) groups excluding carboxylic acids is 1. The van der Waals surface area contributed by atoms with E-state index in [4.69, 9.17) is 44.0 Å². The van der Waals surface area contributed by atoms with Crippen LogP contribution >= 0.6 is 34.8 Å². The van der Waals surface area contributed by atoms with Gasteiger partial charge in [0.15, 0.2) is 12.4 Å². The lowest BCUT2D eigenvalue weighted by Crippen LogP contribution is -2.24. The molecular weight excluding hydrogens is 339 g/mol. The van der Waals surface area contributed by atoms with Crippen molar-refractivity contribution in [1.29, 1.82) is 0 Å². The van der Waals surface area contributed by atoms with E-state index in [9.17, 15) is 4.79 Å². The molecule has 2 rings (SSSR count). The van der Waals surface area contributed by atoms with Crippen molar-refractivity contribution in [2.45, 2.75) is 0 Å². The average Bonchev–Trinajstić information content (AvgIpc) is 2.90. The van der Waals surface area contributed by atoms with Crippen LogP contribution in [0.5, 0.6) is 5.75 Å². The van der Waals surface area contributed by atoms with Crippen molar-refractivity contribution in [2.24, 2.45) is 5.10 Å². The van der Waals surface area contributed by atoms with E-state index in [-0.39, 0.29) is 22.4 Å². The van der Waals surface area contributed by atoms with E-state index >= 15 is 0 Å². The Kier molecular flexibility index (Phi) is 5.50. The van der Waals surface area contributed by atoms with Crippen LogP contribution in [0.15, 0.2) is 40.0 Å². The van der Waals surface area contributed by atoms with Crippen LogP contribution in [0.2, 0.25) is 15.1 Å². The van der Waals surface area contributed by atoms with E-state index in [1.165, 1.54) is 24.6 Å². The molecule has 0 saturated carbocycles. The number of rotatable bonds is 5. The predicted octanol–water partition coefficient (Wildman–Crippen LogP) is 3.77. The van der Waals surface area contributed by atoms with Crippen molar-refractivity contribution in [3.8, 4) is 5.75 Å². The standard InChI is InChI=1S/C13H9Cl3N2O3/c14-8-4-10(15)13(11(16)5-8)21-7-12(19)18-17-6-9-2-1-3-20-9/h1-6H,7H2,(H,18,19). The molecule has 0 aliphatic carbocycles. The van der Waals surface area contributed by atoms with Crippen LogP contribution in [0.4, 0.5) is 0 Å². The summed E-state index contributed by atoms with van der Waals surface area (Å²) in [5.74, 6) is 0.229. The molecule has 0 aliphatic rings. The number of ether oxygens (including phenoxy) is 1. The minimum atomic E-state index is -0.472. The molecule has 0 atom stereocenters. The number of nitrogens with zero attached hydrogens (tertiary/aromatic N) is 1. The molecule has 1 aromatic carbocycles. The van der Waals surface area contributed by atoms with Crippen molar-refractivity contribution in [1.82, 2.24) is 5.43 Å². The highest BCUT2D eigenvalue weighted by Crippen LogP contribution is 2.35. The van der Waals surface area contributed by atoms with Gasteiger partial charge in [0.25, 0.3) is 5.91 Å². The van der Waals surface area contributed by atoms with Gasteiger partial charge in [0, 0.05) is 5.02 Å². The summed E-state index contributed by atoms with van der Waals surface area (Å²) >= 11 is 17.6. The number of furan rings is 1. The molecule has 8 heteroatoms. The molecule has 110 valence electrons. The van der Waals surface area contributed by atoms with E-state index in [1.807, 2.05) is 0 Å². The van der Waals surface area contributed by atoms with Gasteiger partial charge < -0.3 is 9.15 Å². The van der Waals surface area contributed by atoms with Crippen molar-refractivity contribution in [3.63, 3.8) is 0 Å². The Hall–Kier alpha value is -1.69. The van der Waals surface area contributed by atoms with Gasteiger partial charge in [-0.15, -0.1) is 0 Å². The molecule has 0 spiro atoms. The normalized spacial score (nSPS) is 10.8. The summed E-state index contributed by atoms with van der Waals surface area (Å²) in [5.41, 5.74) is 2.27.